The van der Waals surface area contributed by atoms with Crippen molar-refractivity contribution in [1.82, 2.24) is 5.32 Å². The van der Waals surface area contributed by atoms with Gasteiger partial charge in [0.1, 0.15) is 5.75 Å². The third kappa shape index (κ3) is 5.00. The second-order valence-electron chi connectivity index (χ2n) is 4.49. The highest BCUT2D eigenvalue weighted by Gasteiger charge is 2.16. The average molecular weight is 316 g/mol. The van der Waals surface area contributed by atoms with Crippen molar-refractivity contribution in [1.29, 1.82) is 0 Å². The van der Waals surface area contributed by atoms with Crippen LogP contribution in [0.1, 0.15) is 11.1 Å². The van der Waals surface area contributed by atoms with E-state index in [9.17, 15) is 13.2 Å². The highest BCUT2D eigenvalue weighted by Crippen LogP contribution is 2.26. The second kappa shape index (κ2) is 7.39. The van der Waals surface area contributed by atoms with E-state index in [1.165, 1.54) is 12.1 Å². The molecule has 3 N–H and O–H groups in total. The molecule has 0 atom stereocenters. The van der Waals surface area contributed by atoms with Crippen molar-refractivity contribution < 1.29 is 22.7 Å². The molecule has 118 valence electrons. The Balaban J connectivity index is 2.74. The van der Waals surface area contributed by atoms with Crippen molar-refractivity contribution in [2.75, 3.05) is 26.9 Å². The first-order chi connectivity index (χ1) is 9.77. The third-order valence-electron chi connectivity index (χ3n) is 2.98. The molecule has 0 heterocycles. The lowest BCUT2D eigenvalue weighted by molar-refractivity contribution is -0.123. The van der Waals surface area contributed by atoms with Gasteiger partial charge in [-0.05, 0) is 37.1 Å². The van der Waals surface area contributed by atoms with Gasteiger partial charge in [0, 0.05) is 13.7 Å². The van der Waals surface area contributed by atoms with Crippen molar-refractivity contribution in [3.05, 3.63) is 23.3 Å². The van der Waals surface area contributed by atoms with Gasteiger partial charge >= 0.3 is 0 Å². The van der Waals surface area contributed by atoms with Crippen molar-refractivity contribution in [3.8, 4) is 5.75 Å². The molecule has 0 spiro atoms. The van der Waals surface area contributed by atoms with Gasteiger partial charge in [-0.3, -0.25) is 4.79 Å². The smallest absolute Gasteiger partial charge is 0.258 e. The number of nitrogens with two attached hydrogens (primary N) is 1. The summed E-state index contributed by atoms with van der Waals surface area (Å²) in [6.45, 7) is 4.02. The Morgan fingerprint density at radius 2 is 1.95 bits per heavy atom. The summed E-state index contributed by atoms with van der Waals surface area (Å²) in [5, 5.41) is 7.74. The van der Waals surface area contributed by atoms with E-state index in [-0.39, 0.29) is 17.4 Å². The lowest BCUT2D eigenvalue weighted by atomic mass is 10.1. The predicted octanol–water partition coefficient (Wildman–Crippen LogP) is 0.0922. The van der Waals surface area contributed by atoms with E-state index in [1.807, 2.05) is 0 Å². The largest absolute Gasteiger partial charge is 0.483 e. The topological polar surface area (TPSA) is 108 Å². The van der Waals surface area contributed by atoms with Gasteiger partial charge in [0.05, 0.1) is 11.5 Å². The molecular weight excluding hydrogens is 296 g/mol. The number of benzene rings is 1. The molecular formula is C13H20N2O5S. The normalized spacial score (nSPS) is 11.2. The van der Waals surface area contributed by atoms with E-state index in [4.69, 9.17) is 14.6 Å². The van der Waals surface area contributed by atoms with Crippen molar-refractivity contribution >= 4 is 15.9 Å². The molecule has 0 aliphatic carbocycles. The van der Waals surface area contributed by atoms with Crippen molar-refractivity contribution in [2.45, 2.75) is 18.7 Å². The van der Waals surface area contributed by atoms with E-state index in [0.717, 1.165) is 0 Å². The van der Waals surface area contributed by atoms with E-state index < -0.39 is 10.0 Å². The minimum Gasteiger partial charge on any atom is -0.483 e. The lowest BCUT2D eigenvalue weighted by Crippen LogP contribution is -2.31. The fraction of sp³-hybridized carbons (Fsp3) is 0.462. The number of hydrogen-bond donors (Lipinski definition) is 2. The Morgan fingerprint density at radius 3 is 2.52 bits per heavy atom. The van der Waals surface area contributed by atoms with Gasteiger partial charge in [-0.1, -0.05) is 0 Å². The molecule has 1 amide bonds. The number of hydrogen-bond acceptors (Lipinski definition) is 5. The number of sulfonamides is 1. The standard InChI is InChI=1S/C13H20N2O5S/c1-9-10(2)12(21(14,17)18)5-4-11(9)20-8-13(16)15-6-7-19-3/h4-5H,6-8H2,1-3H3,(H,15,16)(H2,14,17,18). The summed E-state index contributed by atoms with van der Waals surface area (Å²) < 4.78 is 33.0. The van der Waals surface area contributed by atoms with Crippen LogP contribution in [0, 0.1) is 13.8 Å². The molecule has 7 nitrogen and oxygen atoms in total. The van der Waals surface area contributed by atoms with Gasteiger partial charge < -0.3 is 14.8 Å². The van der Waals surface area contributed by atoms with Crippen LogP contribution in [0.2, 0.25) is 0 Å². The number of carbonyl (C=O) groups is 1. The zero-order chi connectivity index (χ0) is 16.0. The molecule has 8 heteroatoms. The highest BCUT2D eigenvalue weighted by molar-refractivity contribution is 7.89. The number of nitrogens with one attached hydrogen (secondary N) is 1. The Labute approximate surface area is 124 Å². The maximum atomic E-state index is 11.5. The fourth-order valence-corrected chi connectivity index (χ4v) is 2.56. The summed E-state index contributed by atoms with van der Waals surface area (Å²) in [5.41, 5.74) is 1.14. The van der Waals surface area contributed by atoms with E-state index in [0.29, 0.717) is 30.0 Å². The molecule has 1 aromatic carbocycles. The maximum Gasteiger partial charge on any atom is 0.258 e. The molecule has 0 radical (unpaired) electrons. The summed E-state index contributed by atoms with van der Waals surface area (Å²) >= 11 is 0. The van der Waals surface area contributed by atoms with Crippen LogP contribution in [-0.4, -0.2) is 41.2 Å². The van der Waals surface area contributed by atoms with Crippen LogP contribution in [-0.2, 0) is 19.6 Å². The first kappa shape index (κ1) is 17.4. The molecule has 0 fully saturated rings. The molecule has 1 rings (SSSR count). The summed E-state index contributed by atoms with van der Waals surface area (Å²) in [6, 6.07) is 2.86. The van der Waals surface area contributed by atoms with Crippen LogP contribution in [0.5, 0.6) is 5.75 Å². The SMILES string of the molecule is COCCNC(=O)COc1ccc(S(N)(=O)=O)c(C)c1C. The second-order valence-corrected chi connectivity index (χ2v) is 6.02. The molecule has 1 aromatic rings. The summed E-state index contributed by atoms with van der Waals surface area (Å²) in [5.74, 6) is 0.168. The minimum atomic E-state index is -3.77. The van der Waals surface area contributed by atoms with E-state index >= 15 is 0 Å². The van der Waals surface area contributed by atoms with Gasteiger partial charge in [-0.25, -0.2) is 13.6 Å². The van der Waals surface area contributed by atoms with Gasteiger partial charge in [0.15, 0.2) is 6.61 Å². The molecule has 0 aliphatic rings. The van der Waals surface area contributed by atoms with E-state index in [1.54, 1.807) is 21.0 Å². The lowest BCUT2D eigenvalue weighted by Gasteiger charge is -2.13. The molecule has 0 aromatic heterocycles. The monoisotopic (exact) mass is 316 g/mol. The Hall–Kier alpha value is -1.64. The Morgan fingerprint density at radius 1 is 1.29 bits per heavy atom. The summed E-state index contributed by atoms with van der Waals surface area (Å²) in [4.78, 5) is 11.6. The van der Waals surface area contributed by atoms with Gasteiger partial charge in [-0.2, -0.15) is 0 Å². The molecule has 0 bridgehead atoms. The molecule has 21 heavy (non-hydrogen) atoms. The quantitative estimate of drug-likeness (QED) is 0.693. The number of primary sulfonamides is 1. The van der Waals surface area contributed by atoms with Crippen LogP contribution in [0.15, 0.2) is 17.0 Å². The predicted molar refractivity (Wildman–Crippen MR) is 77.7 cm³/mol. The molecule has 0 saturated heterocycles. The highest BCUT2D eigenvalue weighted by atomic mass is 32.2. The average Bonchev–Trinajstić information content (AvgIpc) is 2.39. The summed E-state index contributed by atoms with van der Waals surface area (Å²) in [6.07, 6.45) is 0. The number of rotatable bonds is 7. The fourth-order valence-electron chi connectivity index (χ4n) is 1.72. The van der Waals surface area contributed by atoms with Crippen LogP contribution in [0.3, 0.4) is 0 Å². The zero-order valence-electron chi connectivity index (χ0n) is 12.3. The number of carbonyl (C=O) groups excluding carboxylic acids is 1. The van der Waals surface area contributed by atoms with Gasteiger partial charge in [0.2, 0.25) is 10.0 Å². The number of methoxy groups -OCH3 is 1. The Kier molecular flexibility index (Phi) is 6.13. The van der Waals surface area contributed by atoms with Gasteiger partial charge in [0.25, 0.3) is 5.91 Å². The first-order valence-corrected chi connectivity index (χ1v) is 7.83. The minimum absolute atomic E-state index is 0.0527. The van der Waals surface area contributed by atoms with Crippen molar-refractivity contribution in [3.63, 3.8) is 0 Å². The van der Waals surface area contributed by atoms with Crippen LogP contribution in [0.4, 0.5) is 0 Å². The number of ether oxygens (including phenoxy) is 2. The van der Waals surface area contributed by atoms with Gasteiger partial charge in [-0.15, -0.1) is 0 Å². The first-order valence-electron chi connectivity index (χ1n) is 6.28. The maximum absolute atomic E-state index is 11.5. The van der Waals surface area contributed by atoms with Crippen LogP contribution >= 0.6 is 0 Å². The third-order valence-corrected chi connectivity index (χ3v) is 4.04. The molecule has 0 saturated carbocycles. The van der Waals surface area contributed by atoms with Crippen molar-refractivity contribution in [2.24, 2.45) is 5.14 Å². The molecule has 0 aliphatic heterocycles. The molecule has 0 unspecified atom stereocenters. The van der Waals surface area contributed by atoms with E-state index in [2.05, 4.69) is 5.32 Å². The van der Waals surface area contributed by atoms with Crippen LogP contribution < -0.4 is 15.2 Å². The zero-order valence-corrected chi connectivity index (χ0v) is 13.1. The summed E-state index contributed by atoms with van der Waals surface area (Å²) in [7, 11) is -2.22. The number of amides is 1. The Bertz CT molecular complexity index is 613. The van der Waals surface area contributed by atoms with Crippen LogP contribution in [0.25, 0.3) is 0 Å².